The molecule has 3 heteroatoms. The van der Waals surface area contributed by atoms with Crippen molar-refractivity contribution in [1.82, 2.24) is 10.2 Å². The average Bonchev–Trinajstić information content (AvgIpc) is 2.24. The van der Waals surface area contributed by atoms with Crippen LogP contribution in [0.25, 0.3) is 0 Å². The van der Waals surface area contributed by atoms with Crippen LogP contribution in [0.1, 0.15) is 41.0 Å². The van der Waals surface area contributed by atoms with Gasteiger partial charge in [-0.05, 0) is 32.2 Å². The van der Waals surface area contributed by atoms with E-state index in [2.05, 4.69) is 44.8 Å². The fourth-order valence-corrected chi connectivity index (χ4v) is 1.94. The standard InChI is InChI=1S/C14H32N2O/c1-7-8-15-11-14(4,5)12-16(13(2)3)9-10-17-6/h13,15H,7-12H2,1-6H3. The molecule has 0 bridgehead atoms. The highest BCUT2D eigenvalue weighted by atomic mass is 16.5. The van der Waals surface area contributed by atoms with Gasteiger partial charge in [0.15, 0.2) is 0 Å². The van der Waals surface area contributed by atoms with Gasteiger partial charge in [-0.25, -0.2) is 0 Å². The van der Waals surface area contributed by atoms with Crippen molar-refractivity contribution in [3.8, 4) is 0 Å². The SMILES string of the molecule is CCCNCC(C)(C)CN(CCOC)C(C)C. The summed E-state index contributed by atoms with van der Waals surface area (Å²) in [6.45, 7) is 16.5. The normalized spacial score (nSPS) is 12.7. The molecule has 0 heterocycles. The van der Waals surface area contributed by atoms with Gasteiger partial charge < -0.3 is 10.1 Å². The maximum absolute atomic E-state index is 5.18. The Morgan fingerprint density at radius 1 is 1.29 bits per heavy atom. The Labute approximate surface area is 108 Å². The Hall–Kier alpha value is -0.120. The van der Waals surface area contributed by atoms with Crippen LogP contribution in [-0.4, -0.2) is 50.8 Å². The summed E-state index contributed by atoms with van der Waals surface area (Å²) in [5, 5.41) is 3.52. The zero-order valence-corrected chi connectivity index (χ0v) is 12.7. The van der Waals surface area contributed by atoms with Gasteiger partial charge in [0.25, 0.3) is 0 Å². The topological polar surface area (TPSA) is 24.5 Å². The molecule has 0 aliphatic heterocycles. The van der Waals surface area contributed by atoms with Crippen molar-refractivity contribution >= 4 is 0 Å². The van der Waals surface area contributed by atoms with Crippen molar-refractivity contribution in [2.75, 3.05) is 39.9 Å². The van der Waals surface area contributed by atoms with E-state index in [9.17, 15) is 0 Å². The van der Waals surface area contributed by atoms with E-state index in [-0.39, 0.29) is 0 Å². The second-order valence-corrected chi connectivity index (χ2v) is 5.90. The van der Waals surface area contributed by atoms with E-state index in [1.165, 1.54) is 6.42 Å². The lowest BCUT2D eigenvalue weighted by Crippen LogP contribution is -2.44. The number of nitrogens with one attached hydrogen (secondary N) is 1. The molecular formula is C14H32N2O. The average molecular weight is 244 g/mol. The lowest BCUT2D eigenvalue weighted by Gasteiger charge is -2.35. The van der Waals surface area contributed by atoms with Crippen LogP contribution in [0.4, 0.5) is 0 Å². The summed E-state index contributed by atoms with van der Waals surface area (Å²) in [6.07, 6.45) is 1.20. The van der Waals surface area contributed by atoms with Gasteiger partial charge in [-0.15, -0.1) is 0 Å². The Kier molecular flexibility index (Phi) is 8.83. The fraction of sp³-hybridized carbons (Fsp3) is 1.00. The Bertz CT molecular complexity index is 181. The predicted octanol–water partition coefficient (Wildman–Crippen LogP) is 2.37. The molecule has 0 radical (unpaired) electrons. The van der Waals surface area contributed by atoms with E-state index in [1.807, 2.05) is 0 Å². The number of hydrogen-bond donors (Lipinski definition) is 1. The molecule has 0 rings (SSSR count). The first-order valence-corrected chi connectivity index (χ1v) is 6.86. The van der Waals surface area contributed by atoms with Crippen LogP contribution in [0, 0.1) is 5.41 Å². The Balaban J connectivity index is 4.11. The van der Waals surface area contributed by atoms with Gasteiger partial charge in [-0.2, -0.15) is 0 Å². The van der Waals surface area contributed by atoms with Crippen LogP contribution in [0.3, 0.4) is 0 Å². The first-order valence-electron chi connectivity index (χ1n) is 6.86. The van der Waals surface area contributed by atoms with E-state index in [0.29, 0.717) is 11.5 Å². The monoisotopic (exact) mass is 244 g/mol. The highest BCUT2D eigenvalue weighted by molar-refractivity contribution is 4.78. The number of nitrogens with zero attached hydrogens (tertiary/aromatic N) is 1. The van der Waals surface area contributed by atoms with E-state index >= 15 is 0 Å². The van der Waals surface area contributed by atoms with E-state index in [0.717, 1.165) is 32.8 Å². The number of rotatable bonds is 10. The summed E-state index contributed by atoms with van der Waals surface area (Å²) in [5.41, 5.74) is 0.313. The van der Waals surface area contributed by atoms with E-state index in [4.69, 9.17) is 4.74 Å². The van der Waals surface area contributed by atoms with Crippen molar-refractivity contribution in [2.45, 2.75) is 47.1 Å². The maximum atomic E-state index is 5.18. The third-order valence-electron chi connectivity index (χ3n) is 2.97. The molecule has 0 fully saturated rings. The molecule has 0 unspecified atom stereocenters. The number of hydrogen-bond acceptors (Lipinski definition) is 3. The predicted molar refractivity (Wildman–Crippen MR) is 75.5 cm³/mol. The highest BCUT2D eigenvalue weighted by Gasteiger charge is 2.22. The Morgan fingerprint density at radius 3 is 2.41 bits per heavy atom. The van der Waals surface area contributed by atoms with Crippen LogP contribution in [-0.2, 0) is 4.74 Å². The van der Waals surface area contributed by atoms with Gasteiger partial charge in [-0.3, -0.25) is 4.90 Å². The summed E-state index contributed by atoms with van der Waals surface area (Å²) >= 11 is 0. The lowest BCUT2D eigenvalue weighted by atomic mass is 9.92. The third-order valence-corrected chi connectivity index (χ3v) is 2.97. The minimum Gasteiger partial charge on any atom is -0.383 e. The van der Waals surface area contributed by atoms with Crippen molar-refractivity contribution in [2.24, 2.45) is 5.41 Å². The van der Waals surface area contributed by atoms with Crippen LogP contribution in [0.2, 0.25) is 0 Å². The highest BCUT2D eigenvalue weighted by Crippen LogP contribution is 2.17. The second kappa shape index (κ2) is 8.90. The van der Waals surface area contributed by atoms with Gasteiger partial charge in [-0.1, -0.05) is 20.8 Å². The molecule has 0 aromatic rings. The molecule has 3 nitrogen and oxygen atoms in total. The van der Waals surface area contributed by atoms with Crippen LogP contribution >= 0.6 is 0 Å². The molecule has 1 N–H and O–H groups in total. The molecule has 0 aliphatic rings. The molecule has 0 aromatic heterocycles. The molecule has 0 saturated carbocycles. The van der Waals surface area contributed by atoms with E-state index in [1.54, 1.807) is 7.11 Å². The summed E-state index contributed by atoms with van der Waals surface area (Å²) in [6, 6.07) is 0.579. The summed E-state index contributed by atoms with van der Waals surface area (Å²) < 4.78 is 5.18. The van der Waals surface area contributed by atoms with Crippen LogP contribution in [0.5, 0.6) is 0 Å². The number of methoxy groups -OCH3 is 1. The molecule has 0 atom stereocenters. The maximum Gasteiger partial charge on any atom is 0.0589 e. The van der Waals surface area contributed by atoms with Crippen molar-refractivity contribution in [3.63, 3.8) is 0 Å². The molecule has 0 saturated heterocycles. The van der Waals surface area contributed by atoms with Gasteiger partial charge in [0, 0.05) is 32.8 Å². The lowest BCUT2D eigenvalue weighted by molar-refractivity contribution is 0.0960. The van der Waals surface area contributed by atoms with Gasteiger partial charge in [0.05, 0.1) is 6.61 Å². The zero-order valence-electron chi connectivity index (χ0n) is 12.7. The third kappa shape index (κ3) is 8.58. The van der Waals surface area contributed by atoms with Crippen molar-refractivity contribution in [1.29, 1.82) is 0 Å². The first kappa shape index (κ1) is 16.9. The van der Waals surface area contributed by atoms with Gasteiger partial charge >= 0.3 is 0 Å². The smallest absolute Gasteiger partial charge is 0.0589 e. The molecule has 17 heavy (non-hydrogen) atoms. The molecule has 0 aliphatic carbocycles. The molecule has 0 amide bonds. The quantitative estimate of drug-likeness (QED) is 0.597. The number of ether oxygens (including phenoxy) is 1. The van der Waals surface area contributed by atoms with Gasteiger partial charge in [0.1, 0.15) is 0 Å². The van der Waals surface area contributed by atoms with Crippen molar-refractivity contribution < 1.29 is 4.74 Å². The second-order valence-electron chi connectivity index (χ2n) is 5.90. The Morgan fingerprint density at radius 2 is 1.94 bits per heavy atom. The summed E-state index contributed by atoms with van der Waals surface area (Å²) in [7, 11) is 1.77. The van der Waals surface area contributed by atoms with E-state index < -0.39 is 0 Å². The molecular weight excluding hydrogens is 212 g/mol. The summed E-state index contributed by atoms with van der Waals surface area (Å²) in [4.78, 5) is 2.50. The van der Waals surface area contributed by atoms with Crippen LogP contribution in [0.15, 0.2) is 0 Å². The molecule has 0 spiro atoms. The minimum atomic E-state index is 0.313. The molecule has 0 aromatic carbocycles. The minimum absolute atomic E-state index is 0.313. The zero-order chi connectivity index (χ0) is 13.3. The van der Waals surface area contributed by atoms with Gasteiger partial charge in [0.2, 0.25) is 0 Å². The fourth-order valence-electron chi connectivity index (χ4n) is 1.94. The van der Waals surface area contributed by atoms with Crippen molar-refractivity contribution in [3.05, 3.63) is 0 Å². The first-order chi connectivity index (χ1) is 7.93. The van der Waals surface area contributed by atoms with Crippen LogP contribution < -0.4 is 5.32 Å². The summed E-state index contributed by atoms with van der Waals surface area (Å²) in [5.74, 6) is 0. The largest absolute Gasteiger partial charge is 0.383 e. The molecule has 104 valence electrons.